The van der Waals surface area contributed by atoms with E-state index < -0.39 is 5.91 Å². The van der Waals surface area contributed by atoms with Crippen LogP contribution in [0.3, 0.4) is 0 Å². The molecule has 0 aliphatic heterocycles. The first-order chi connectivity index (χ1) is 12.0. The van der Waals surface area contributed by atoms with Gasteiger partial charge < -0.3 is 11.1 Å². The van der Waals surface area contributed by atoms with Gasteiger partial charge in [0.05, 0.1) is 11.3 Å². The molecule has 128 valence electrons. The minimum absolute atomic E-state index is 0.203. The highest BCUT2D eigenvalue weighted by Crippen LogP contribution is 2.17. The van der Waals surface area contributed by atoms with E-state index in [0.29, 0.717) is 17.9 Å². The molecule has 3 rings (SSSR count). The Kier molecular flexibility index (Phi) is 4.42. The normalized spacial score (nSPS) is 10.8. The number of amides is 2. The molecule has 0 aliphatic carbocycles. The molecular formula is C17H18N6O2. The van der Waals surface area contributed by atoms with Crippen molar-refractivity contribution < 1.29 is 9.59 Å². The molecule has 3 aromatic rings. The van der Waals surface area contributed by atoms with E-state index in [0.717, 1.165) is 17.0 Å². The number of primary amides is 1. The molecule has 2 amide bonds. The molecule has 3 N–H and O–H groups in total. The van der Waals surface area contributed by atoms with E-state index in [1.165, 1.54) is 6.33 Å². The summed E-state index contributed by atoms with van der Waals surface area (Å²) in [5, 5.41) is 6.88. The second kappa shape index (κ2) is 6.68. The summed E-state index contributed by atoms with van der Waals surface area (Å²) in [5.41, 5.74) is 8.71. The Balaban J connectivity index is 1.74. The fourth-order valence-electron chi connectivity index (χ4n) is 2.78. The fourth-order valence-corrected chi connectivity index (χ4v) is 2.78. The van der Waals surface area contributed by atoms with E-state index in [4.69, 9.17) is 5.73 Å². The Morgan fingerprint density at radius 2 is 2.00 bits per heavy atom. The zero-order valence-electron chi connectivity index (χ0n) is 14.0. The van der Waals surface area contributed by atoms with Crippen molar-refractivity contribution in [3.63, 3.8) is 0 Å². The molecule has 1 aromatic carbocycles. The highest BCUT2D eigenvalue weighted by atomic mass is 16.2. The highest BCUT2D eigenvalue weighted by Gasteiger charge is 2.14. The molecule has 0 radical (unpaired) electrons. The van der Waals surface area contributed by atoms with Crippen molar-refractivity contribution in [2.24, 2.45) is 5.73 Å². The number of hydrogen-bond acceptors (Lipinski definition) is 5. The Morgan fingerprint density at radius 1 is 1.24 bits per heavy atom. The lowest BCUT2D eigenvalue weighted by Crippen LogP contribution is -2.19. The summed E-state index contributed by atoms with van der Waals surface area (Å²) in [5.74, 6) is -0.242. The van der Waals surface area contributed by atoms with Crippen molar-refractivity contribution in [1.29, 1.82) is 0 Å². The van der Waals surface area contributed by atoms with Gasteiger partial charge in [-0.25, -0.2) is 9.50 Å². The monoisotopic (exact) mass is 338 g/mol. The van der Waals surface area contributed by atoms with Gasteiger partial charge in [0.15, 0.2) is 0 Å². The number of hydrogen-bond donors (Lipinski definition) is 2. The fraction of sp³-hybridized carbons (Fsp3) is 0.235. The standard InChI is InChI=1S/C17H18N6O2/c1-10-12(11(2)23-17(21-10)19-9-20-23)7-8-15(24)22-14-6-4-3-5-13(14)16(18)25/h3-6,9H,7-8H2,1-2H3,(H2,18,25)(H,22,24). The summed E-state index contributed by atoms with van der Waals surface area (Å²) in [4.78, 5) is 32.2. The number of nitrogens with two attached hydrogens (primary N) is 1. The zero-order chi connectivity index (χ0) is 18.0. The van der Waals surface area contributed by atoms with Crippen LogP contribution in [0.5, 0.6) is 0 Å². The Morgan fingerprint density at radius 3 is 2.76 bits per heavy atom. The smallest absolute Gasteiger partial charge is 0.252 e. The van der Waals surface area contributed by atoms with E-state index in [1.54, 1.807) is 28.8 Å². The number of para-hydroxylation sites is 1. The molecule has 0 aliphatic rings. The number of nitrogens with one attached hydrogen (secondary N) is 1. The molecule has 0 bridgehead atoms. The van der Waals surface area contributed by atoms with Gasteiger partial charge >= 0.3 is 0 Å². The zero-order valence-corrected chi connectivity index (χ0v) is 14.0. The number of fused-ring (bicyclic) bond motifs is 1. The Hall–Kier alpha value is -3.29. The Bertz CT molecular complexity index is 963. The van der Waals surface area contributed by atoms with Crippen molar-refractivity contribution in [1.82, 2.24) is 19.6 Å². The molecule has 0 saturated carbocycles. The van der Waals surface area contributed by atoms with Gasteiger partial charge in [0.1, 0.15) is 6.33 Å². The van der Waals surface area contributed by atoms with Crippen LogP contribution in [0.15, 0.2) is 30.6 Å². The lowest BCUT2D eigenvalue weighted by molar-refractivity contribution is -0.116. The topological polar surface area (TPSA) is 115 Å². The van der Waals surface area contributed by atoms with E-state index >= 15 is 0 Å². The molecule has 0 fully saturated rings. The summed E-state index contributed by atoms with van der Waals surface area (Å²) in [6.45, 7) is 3.81. The van der Waals surface area contributed by atoms with Crippen molar-refractivity contribution in [3.05, 3.63) is 53.1 Å². The quantitative estimate of drug-likeness (QED) is 0.730. The van der Waals surface area contributed by atoms with Gasteiger partial charge in [0.25, 0.3) is 11.7 Å². The Labute approximate surface area is 144 Å². The number of rotatable bonds is 5. The van der Waals surface area contributed by atoms with Gasteiger partial charge in [-0.15, -0.1) is 0 Å². The third-order valence-corrected chi connectivity index (χ3v) is 4.06. The maximum Gasteiger partial charge on any atom is 0.252 e. The molecule has 2 aromatic heterocycles. The first-order valence-corrected chi connectivity index (χ1v) is 7.82. The summed E-state index contributed by atoms with van der Waals surface area (Å²) in [7, 11) is 0. The number of aromatic nitrogens is 4. The van der Waals surface area contributed by atoms with E-state index in [1.807, 2.05) is 13.8 Å². The molecular weight excluding hydrogens is 320 g/mol. The number of carbonyl (C=O) groups is 2. The third-order valence-electron chi connectivity index (χ3n) is 4.06. The van der Waals surface area contributed by atoms with Crippen LogP contribution in [0, 0.1) is 13.8 Å². The van der Waals surface area contributed by atoms with Crippen LogP contribution in [-0.4, -0.2) is 31.4 Å². The summed E-state index contributed by atoms with van der Waals surface area (Å²) in [6.07, 6.45) is 2.20. The SMILES string of the molecule is Cc1nc2ncnn2c(C)c1CCC(=O)Nc1ccccc1C(N)=O. The van der Waals surface area contributed by atoms with Crippen molar-refractivity contribution in [2.75, 3.05) is 5.32 Å². The maximum absolute atomic E-state index is 12.3. The third kappa shape index (κ3) is 3.32. The molecule has 0 saturated heterocycles. The predicted octanol–water partition coefficient (Wildman–Crippen LogP) is 1.41. The molecule has 0 unspecified atom stereocenters. The van der Waals surface area contributed by atoms with Gasteiger partial charge in [-0.2, -0.15) is 10.1 Å². The molecule has 0 spiro atoms. The van der Waals surface area contributed by atoms with Crippen LogP contribution in [0.4, 0.5) is 5.69 Å². The molecule has 25 heavy (non-hydrogen) atoms. The minimum Gasteiger partial charge on any atom is -0.366 e. The van der Waals surface area contributed by atoms with Gasteiger partial charge in [-0.3, -0.25) is 9.59 Å². The number of carbonyl (C=O) groups excluding carboxylic acids is 2. The van der Waals surface area contributed by atoms with Gasteiger partial charge in [0, 0.05) is 17.8 Å². The summed E-state index contributed by atoms with van der Waals surface area (Å²) < 4.78 is 1.66. The van der Waals surface area contributed by atoms with E-state index in [9.17, 15) is 9.59 Å². The molecule has 0 atom stereocenters. The van der Waals surface area contributed by atoms with Crippen LogP contribution in [0.1, 0.15) is 33.7 Å². The van der Waals surface area contributed by atoms with Crippen molar-refractivity contribution >= 4 is 23.3 Å². The molecule has 2 heterocycles. The van der Waals surface area contributed by atoms with Crippen molar-refractivity contribution in [2.45, 2.75) is 26.7 Å². The van der Waals surface area contributed by atoms with E-state index in [2.05, 4.69) is 20.4 Å². The van der Waals surface area contributed by atoms with Gasteiger partial charge in [-0.05, 0) is 38.0 Å². The van der Waals surface area contributed by atoms with Gasteiger partial charge in [0.2, 0.25) is 5.91 Å². The largest absolute Gasteiger partial charge is 0.366 e. The van der Waals surface area contributed by atoms with Crippen LogP contribution >= 0.6 is 0 Å². The minimum atomic E-state index is -0.580. The van der Waals surface area contributed by atoms with Crippen LogP contribution in [0.25, 0.3) is 5.78 Å². The van der Waals surface area contributed by atoms with Crippen LogP contribution in [-0.2, 0) is 11.2 Å². The number of nitrogens with zero attached hydrogens (tertiary/aromatic N) is 4. The number of anilines is 1. The average Bonchev–Trinajstić information content (AvgIpc) is 3.03. The summed E-state index contributed by atoms with van der Waals surface area (Å²) in [6, 6.07) is 6.66. The molecule has 8 heteroatoms. The number of aryl methyl sites for hydroxylation is 2. The van der Waals surface area contributed by atoms with Crippen LogP contribution < -0.4 is 11.1 Å². The average molecular weight is 338 g/mol. The lowest BCUT2D eigenvalue weighted by atomic mass is 10.1. The first-order valence-electron chi connectivity index (χ1n) is 7.82. The molecule has 8 nitrogen and oxygen atoms in total. The van der Waals surface area contributed by atoms with Crippen LogP contribution in [0.2, 0.25) is 0 Å². The van der Waals surface area contributed by atoms with Gasteiger partial charge in [-0.1, -0.05) is 12.1 Å². The lowest BCUT2D eigenvalue weighted by Gasteiger charge is -2.11. The maximum atomic E-state index is 12.3. The first kappa shape index (κ1) is 16.6. The predicted molar refractivity (Wildman–Crippen MR) is 92.2 cm³/mol. The summed E-state index contributed by atoms with van der Waals surface area (Å²) >= 11 is 0. The highest BCUT2D eigenvalue weighted by molar-refractivity contribution is 6.02. The van der Waals surface area contributed by atoms with Crippen molar-refractivity contribution in [3.8, 4) is 0 Å². The second-order valence-corrected chi connectivity index (χ2v) is 5.69. The second-order valence-electron chi connectivity index (χ2n) is 5.69. The number of benzene rings is 1. The van der Waals surface area contributed by atoms with E-state index in [-0.39, 0.29) is 17.9 Å².